The predicted octanol–water partition coefficient (Wildman–Crippen LogP) is 3.55. The lowest BCUT2D eigenvalue weighted by molar-refractivity contribution is -0.156. The molecule has 3 saturated heterocycles. The van der Waals surface area contributed by atoms with E-state index < -0.39 is 29.1 Å². The maximum atomic E-state index is 14.6. The van der Waals surface area contributed by atoms with Crippen molar-refractivity contribution in [3.8, 4) is 0 Å². The van der Waals surface area contributed by atoms with E-state index >= 15 is 0 Å². The summed E-state index contributed by atoms with van der Waals surface area (Å²) in [5.74, 6) is -2.17. The van der Waals surface area contributed by atoms with Gasteiger partial charge < -0.3 is 24.5 Å². The van der Waals surface area contributed by atoms with Crippen molar-refractivity contribution in [3.05, 3.63) is 61.2 Å². The number of nitrogens with zero attached hydrogens (tertiary/aromatic N) is 3. The number of β-amino-alcohol motifs (C(OH)–C–C–N with tert-alkyl or cyclic N) is 1. The molecule has 3 heterocycles. The third-order valence-corrected chi connectivity index (χ3v) is 10.2. The van der Waals surface area contributed by atoms with Crippen LogP contribution in [0, 0.1) is 17.8 Å². The summed E-state index contributed by atoms with van der Waals surface area (Å²) in [6.45, 7) is 12.7. The minimum absolute atomic E-state index is 0.0236. The number of hydrogen-bond acceptors (Lipinski definition) is 5. The summed E-state index contributed by atoms with van der Waals surface area (Å²) >= 11 is 0. The molecule has 6 atom stereocenters. The van der Waals surface area contributed by atoms with Crippen molar-refractivity contribution >= 4 is 17.7 Å². The van der Waals surface area contributed by atoms with Crippen molar-refractivity contribution in [1.29, 1.82) is 0 Å². The standard InChI is InChI=1S/C33H45N3O5/c1-5-17-34(22-24-13-9-7-10-14-24)29(38)26-27-30(39)36(19-20-37)28(33(27)21-23(3)32(26,4)41-33)31(40)35(18-6-2)25-15-11-8-12-16-25/h5-7,9-10,13-14,23,25-28,37H,1-2,8,11-12,15-22H2,3-4H3/t23?,26-,27+,28?,32+,33?/m1/s1. The van der Waals surface area contributed by atoms with E-state index in [1.165, 1.54) is 4.90 Å². The Balaban J connectivity index is 1.54. The SMILES string of the molecule is C=CCN(Cc1ccccc1)C(=O)[C@H]1[C@H]2C(=O)N(CCO)C(C(=O)N(CC=C)C3CCCCC3)C23CC(C)[C@]1(C)O3. The summed E-state index contributed by atoms with van der Waals surface area (Å²) in [7, 11) is 0. The zero-order valence-corrected chi connectivity index (χ0v) is 24.5. The highest BCUT2D eigenvalue weighted by Crippen LogP contribution is 2.65. The first-order valence-electron chi connectivity index (χ1n) is 15.2. The Bertz CT molecular complexity index is 1170. The molecule has 1 saturated carbocycles. The third-order valence-electron chi connectivity index (χ3n) is 10.2. The number of hydrogen-bond donors (Lipinski definition) is 1. The fourth-order valence-corrected chi connectivity index (χ4v) is 8.24. The average molecular weight is 564 g/mol. The molecule has 222 valence electrons. The number of likely N-dealkylation sites (tertiary alicyclic amines) is 1. The number of rotatable bonds is 11. The Morgan fingerprint density at radius 3 is 2.41 bits per heavy atom. The van der Waals surface area contributed by atoms with Crippen molar-refractivity contribution in [1.82, 2.24) is 14.7 Å². The van der Waals surface area contributed by atoms with Gasteiger partial charge in [-0.15, -0.1) is 13.2 Å². The van der Waals surface area contributed by atoms with E-state index in [9.17, 15) is 19.5 Å². The fraction of sp³-hybridized carbons (Fsp3) is 0.606. The minimum Gasteiger partial charge on any atom is -0.395 e. The van der Waals surface area contributed by atoms with Gasteiger partial charge in [-0.1, -0.05) is 68.7 Å². The van der Waals surface area contributed by atoms with Crippen LogP contribution in [-0.2, 0) is 25.7 Å². The zero-order valence-electron chi connectivity index (χ0n) is 24.5. The molecule has 8 nitrogen and oxygen atoms in total. The highest BCUT2D eigenvalue weighted by atomic mass is 16.5. The average Bonchev–Trinajstić information content (AvgIpc) is 3.48. The summed E-state index contributed by atoms with van der Waals surface area (Å²) in [5.41, 5.74) is -1.04. The monoisotopic (exact) mass is 563 g/mol. The van der Waals surface area contributed by atoms with Gasteiger partial charge in [0.15, 0.2) is 0 Å². The second kappa shape index (κ2) is 11.7. The van der Waals surface area contributed by atoms with E-state index in [1.807, 2.05) is 42.2 Å². The van der Waals surface area contributed by atoms with Crippen LogP contribution in [0.1, 0.15) is 57.9 Å². The van der Waals surface area contributed by atoms with Crippen LogP contribution >= 0.6 is 0 Å². The van der Waals surface area contributed by atoms with E-state index in [0.29, 0.717) is 26.1 Å². The van der Waals surface area contributed by atoms with Gasteiger partial charge >= 0.3 is 0 Å². The highest BCUT2D eigenvalue weighted by molar-refractivity contribution is 5.99. The lowest BCUT2D eigenvalue weighted by Crippen LogP contribution is -2.59. The van der Waals surface area contributed by atoms with E-state index in [4.69, 9.17) is 4.74 Å². The smallest absolute Gasteiger partial charge is 0.248 e. The van der Waals surface area contributed by atoms with Gasteiger partial charge in [0.2, 0.25) is 17.7 Å². The van der Waals surface area contributed by atoms with Crippen LogP contribution in [-0.4, -0.2) is 87.1 Å². The molecule has 0 radical (unpaired) electrons. The largest absolute Gasteiger partial charge is 0.395 e. The quantitative estimate of drug-likeness (QED) is 0.416. The van der Waals surface area contributed by atoms with Gasteiger partial charge in [0.1, 0.15) is 11.6 Å². The summed E-state index contributed by atoms with van der Waals surface area (Å²) in [4.78, 5) is 48.5. The maximum absolute atomic E-state index is 14.6. The van der Waals surface area contributed by atoms with Gasteiger partial charge in [0.05, 0.1) is 24.0 Å². The number of carbonyl (C=O) groups is 3. The molecule has 1 aromatic carbocycles. The van der Waals surface area contributed by atoms with Crippen LogP contribution in [0.3, 0.4) is 0 Å². The molecule has 3 unspecified atom stereocenters. The molecule has 1 spiro atoms. The fourth-order valence-electron chi connectivity index (χ4n) is 8.24. The molecule has 0 aromatic heterocycles. The second-order valence-electron chi connectivity index (χ2n) is 12.5. The number of fused-ring (bicyclic) bond motifs is 1. The molecule has 2 bridgehead atoms. The normalized spacial score (nSPS) is 32.6. The first kappa shape index (κ1) is 29.5. The number of benzene rings is 1. The number of amides is 3. The summed E-state index contributed by atoms with van der Waals surface area (Å²) in [6.07, 6.45) is 9.08. The van der Waals surface area contributed by atoms with Crippen molar-refractivity contribution < 1.29 is 24.2 Å². The van der Waals surface area contributed by atoms with E-state index in [0.717, 1.165) is 37.7 Å². The molecule has 3 aliphatic heterocycles. The van der Waals surface area contributed by atoms with Gasteiger partial charge in [0, 0.05) is 32.2 Å². The van der Waals surface area contributed by atoms with Gasteiger partial charge in [-0.3, -0.25) is 14.4 Å². The lowest BCUT2D eigenvalue weighted by Gasteiger charge is -2.41. The topological polar surface area (TPSA) is 90.4 Å². The van der Waals surface area contributed by atoms with E-state index in [-0.39, 0.29) is 42.8 Å². The summed E-state index contributed by atoms with van der Waals surface area (Å²) in [5, 5.41) is 10.0. The molecule has 5 rings (SSSR count). The zero-order chi connectivity index (χ0) is 29.4. The first-order valence-corrected chi connectivity index (χ1v) is 15.2. The number of carbonyl (C=O) groups excluding carboxylic acids is 3. The molecule has 41 heavy (non-hydrogen) atoms. The summed E-state index contributed by atoms with van der Waals surface area (Å²) in [6, 6.07) is 8.96. The van der Waals surface area contributed by atoms with Crippen molar-refractivity contribution in [2.45, 2.75) is 82.2 Å². The number of aliphatic hydroxyl groups excluding tert-OH is 1. The van der Waals surface area contributed by atoms with Crippen LogP contribution < -0.4 is 0 Å². The van der Waals surface area contributed by atoms with Crippen molar-refractivity contribution in [2.75, 3.05) is 26.2 Å². The van der Waals surface area contributed by atoms with Crippen LogP contribution in [0.25, 0.3) is 0 Å². The summed E-state index contributed by atoms with van der Waals surface area (Å²) < 4.78 is 6.90. The molecule has 1 N–H and O–H groups in total. The van der Waals surface area contributed by atoms with Crippen LogP contribution in [0.15, 0.2) is 55.6 Å². The van der Waals surface area contributed by atoms with Crippen LogP contribution in [0.4, 0.5) is 0 Å². The van der Waals surface area contributed by atoms with Gasteiger partial charge in [-0.2, -0.15) is 0 Å². The van der Waals surface area contributed by atoms with Crippen molar-refractivity contribution in [3.63, 3.8) is 0 Å². The van der Waals surface area contributed by atoms with Crippen LogP contribution in [0.5, 0.6) is 0 Å². The molecule has 1 aliphatic carbocycles. The highest BCUT2D eigenvalue weighted by Gasteiger charge is 2.80. The Kier molecular flexibility index (Phi) is 8.44. The number of aliphatic hydroxyl groups is 1. The molecular weight excluding hydrogens is 518 g/mol. The molecule has 4 aliphatic rings. The second-order valence-corrected chi connectivity index (χ2v) is 12.5. The van der Waals surface area contributed by atoms with Crippen molar-refractivity contribution in [2.24, 2.45) is 17.8 Å². The van der Waals surface area contributed by atoms with E-state index in [2.05, 4.69) is 20.1 Å². The van der Waals surface area contributed by atoms with Gasteiger partial charge in [-0.25, -0.2) is 0 Å². The molecular formula is C33H45N3O5. The maximum Gasteiger partial charge on any atom is 0.248 e. The van der Waals surface area contributed by atoms with E-state index in [1.54, 1.807) is 17.1 Å². The predicted molar refractivity (Wildman–Crippen MR) is 156 cm³/mol. The number of ether oxygens (including phenoxy) is 1. The Morgan fingerprint density at radius 2 is 1.78 bits per heavy atom. The minimum atomic E-state index is -1.13. The Morgan fingerprint density at radius 1 is 1.10 bits per heavy atom. The first-order chi connectivity index (χ1) is 19.7. The van der Waals surface area contributed by atoms with Gasteiger partial charge in [0.25, 0.3) is 0 Å². The lowest BCUT2D eigenvalue weighted by atomic mass is 9.62. The molecule has 3 amide bonds. The third kappa shape index (κ3) is 4.83. The Labute approximate surface area is 244 Å². The molecule has 4 fully saturated rings. The van der Waals surface area contributed by atoms with Gasteiger partial charge in [-0.05, 0) is 37.7 Å². The molecule has 1 aromatic rings. The molecule has 8 heteroatoms. The Hall–Kier alpha value is -2.97. The van der Waals surface area contributed by atoms with Crippen LogP contribution in [0.2, 0.25) is 0 Å².